The molecule has 0 saturated carbocycles. The molecule has 19 heavy (non-hydrogen) atoms. The molecule has 5 heteroatoms. The van der Waals surface area contributed by atoms with Crippen LogP contribution in [0.5, 0.6) is 0 Å². The fourth-order valence-electron chi connectivity index (χ4n) is 1.96. The Bertz CT molecular complexity index is 750. The van der Waals surface area contributed by atoms with E-state index in [1.807, 2.05) is 25.2 Å². The third-order valence-corrected chi connectivity index (χ3v) is 2.96. The lowest BCUT2D eigenvalue weighted by Gasteiger charge is -2.07. The number of nitrogens with one attached hydrogen (secondary N) is 1. The number of hydrogen-bond donors (Lipinski definition) is 1. The first-order valence-electron chi connectivity index (χ1n) is 5.77. The summed E-state index contributed by atoms with van der Waals surface area (Å²) in [6.07, 6.45) is 1.77. The summed E-state index contributed by atoms with van der Waals surface area (Å²) in [5, 5.41) is 8.21. The summed E-state index contributed by atoms with van der Waals surface area (Å²) < 4.78 is 27.7. The first-order valence-corrected chi connectivity index (χ1v) is 5.77. The van der Waals surface area contributed by atoms with Crippen molar-refractivity contribution in [2.75, 3.05) is 5.32 Å². The van der Waals surface area contributed by atoms with E-state index in [-0.39, 0.29) is 0 Å². The van der Waals surface area contributed by atoms with E-state index in [0.29, 0.717) is 5.69 Å². The van der Waals surface area contributed by atoms with Gasteiger partial charge >= 0.3 is 0 Å². The molecule has 0 aliphatic heterocycles. The third kappa shape index (κ3) is 2.14. The summed E-state index contributed by atoms with van der Waals surface area (Å²) in [4.78, 5) is 0. The molecule has 96 valence electrons. The van der Waals surface area contributed by atoms with E-state index < -0.39 is 11.6 Å². The topological polar surface area (TPSA) is 29.9 Å². The Morgan fingerprint density at radius 3 is 2.53 bits per heavy atom. The molecule has 0 atom stereocenters. The van der Waals surface area contributed by atoms with E-state index in [0.717, 1.165) is 28.7 Å². The predicted molar refractivity (Wildman–Crippen MR) is 70.4 cm³/mol. The van der Waals surface area contributed by atoms with Crippen LogP contribution in [0.4, 0.5) is 20.2 Å². The Hall–Kier alpha value is -2.43. The van der Waals surface area contributed by atoms with Crippen molar-refractivity contribution in [3.63, 3.8) is 0 Å². The number of aromatic nitrogens is 2. The number of hydrogen-bond acceptors (Lipinski definition) is 2. The van der Waals surface area contributed by atoms with Gasteiger partial charge < -0.3 is 5.32 Å². The molecule has 0 radical (unpaired) electrons. The molecule has 3 nitrogen and oxygen atoms in total. The summed E-state index contributed by atoms with van der Waals surface area (Å²) >= 11 is 0. The molecular formula is C14H11F2N3. The minimum Gasteiger partial charge on any atom is -0.355 e. The van der Waals surface area contributed by atoms with Crippen molar-refractivity contribution in [3.05, 3.63) is 54.2 Å². The molecule has 0 saturated heterocycles. The quantitative estimate of drug-likeness (QED) is 0.762. The van der Waals surface area contributed by atoms with Crippen molar-refractivity contribution in [1.29, 1.82) is 0 Å². The van der Waals surface area contributed by atoms with Gasteiger partial charge in [0.15, 0.2) is 11.6 Å². The zero-order valence-corrected chi connectivity index (χ0v) is 10.2. The number of rotatable bonds is 2. The second-order valence-electron chi connectivity index (χ2n) is 4.30. The molecule has 0 aliphatic carbocycles. The first-order chi connectivity index (χ1) is 9.13. The lowest BCUT2D eigenvalue weighted by molar-refractivity contribution is 0.509. The molecule has 1 aromatic heterocycles. The second kappa shape index (κ2) is 4.35. The molecule has 2 aromatic carbocycles. The van der Waals surface area contributed by atoms with Crippen LogP contribution in [-0.2, 0) is 7.05 Å². The minimum atomic E-state index is -0.869. The molecule has 0 bridgehead atoms. The summed E-state index contributed by atoms with van der Waals surface area (Å²) in [5.74, 6) is -1.72. The van der Waals surface area contributed by atoms with Crippen LogP contribution in [0.15, 0.2) is 42.6 Å². The highest BCUT2D eigenvalue weighted by atomic mass is 19.2. The van der Waals surface area contributed by atoms with E-state index in [9.17, 15) is 8.78 Å². The maximum atomic E-state index is 13.1. The standard InChI is InChI=1S/C14H11F2N3/c1-19-14-7-11(3-2-9(14)8-17-19)18-10-4-5-12(15)13(16)6-10/h2-8,18H,1H3. The van der Waals surface area contributed by atoms with Gasteiger partial charge in [0.05, 0.1) is 11.7 Å². The Morgan fingerprint density at radius 1 is 1.00 bits per heavy atom. The highest BCUT2D eigenvalue weighted by molar-refractivity contribution is 5.83. The molecule has 3 aromatic rings. The maximum absolute atomic E-state index is 13.1. The van der Waals surface area contributed by atoms with E-state index in [1.54, 1.807) is 10.9 Å². The lowest BCUT2D eigenvalue weighted by atomic mass is 10.2. The van der Waals surface area contributed by atoms with Gasteiger partial charge in [-0.1, -0.05) is 0 Å². The van der Waals surface area contributed by atoms with Gasteiger partial charge in [-0.3, -0.25) is 4.68 Å². The van der Waals surface area contributed by atoms with Crippen LogP contribution >= 0.6 is 0 Å². The normalized spacial score (nSPS) is 10.9. The Labute approximate surface area is 108 Å². The van der Waals surface area contributed by atoms with Crippen molar-refractivity contribution >= 4 is 22.3 Å². The Balaban J connectivity index is 1.95. The van der Waals surface area contributed by atoms with Gasteiger partial charge in [-0.15, -0.1) is 0 Å². The largest absolute Gasteiger partial charge is 0.355 e. The van der Waals surface area contributed by atoms with Crippen LogP contribution in [0.25, 0.3) is 10.9 Å². The molecule has 1 heterocycles. The van der Waals surface area contributed by atoms with Crippen LogP contribution in [0.3, 0.4) is 0 Å². The smallest absolute Gasteiger partial charge is 0.160 e. The molecule has 3 rings (SSSR count). The van der Waals surface area contributed by atoms with Crippen molar-refractivity contribution in [1.82, 2.24) is 9.78 Å². The Kier molecular flexibility index (Phi) is 2.67. The number of aryl methyl sites for hydroxylation is 1. The van der Waals surface area contributed by atoms with Gasteiger partial charge in [-0.25, -0.2) is 8.78 Å². The van der Waals surface area contributed by atoms with Crippen LogP contribution in [-0.4, -0.2) is 9.78 Å². The number of halogens is 2. The minimum absolute atomic E-state index is 0.500. The van der Waals surface area contributed by atoms with Gasteiger partial charge in [-0.05, 0) is 30.3 Å². The molecule has 1 N–H and O–H groups in total. The number of fused-ring (bicyclic) bond motifs is 1. The molecule has 0 aliphatic rings. The zero-order valence-electron chi connectivity index (χ0n) is 10.2. The average molecular weight is 259 g/mol. The summed E-state index contributed by atoms with van der Waals surface area (Å²) in [6.45, 7) is 0. The van der Waals surface area contributed by atoms with E-state index in [2.05, 4.69) is 10.4 Å². The fourth-order valence-corrected chi connectivity index (χ4v) is 1.96. The van der Waals surface area contributed by atoms with Gasteiger partial charge in [0, 0.05) is 29.9 Å². The SMILES string of the molecule is Cn1ncc2ccc(Nc3ccc(F)c(F)c3)cc21. The highest BCUT2D eigenvalue weighted by Crippen LogP contribution is 2.22. The first kappa shape index (κ1) is 11.6. The van der Waals surface area contributed by atoms with Gasteiger partial charge in [0.2, 0.25) is 0 Å². The molecule has 0 spiro atoms. The fraction of sp³-hybridized carbons (Fsp3) is 0.0714. The van der Waals surface area contributed by atoms with Gasteiger partial charge in [-0.2, -0.15) is 5.10 Å². The van der Waals surface area contributed by atoms with Crippen LogP contribution in [0, 0.1) is 11.6 Å². The van der Waals surface area contributed by atoms with E-state index in [4.69, 9.17) is 0 Å². The third-order valence-electron chi connectivity index (χ3n) is 2.96. The monoisotopic (exact) mass is 259 g/mol. The summed E-state index contributed by atoms with van der Waals surface area (Å²) in [6, 6.07) is 9.41. The van der Waals surface area contributed by atoms with Crippen molar-refractivity contribution < 1.29 is 8.78 Å². The summed E-state index contributed by atoms with van der Waals surface area (Å²) in [5.41, 5.74) is 2.26. The Morgan fingerprint density at radius 2 is 1.74 bits per heavy atom. The molecular weight excluding hydrogens is 248 g/mol. The number of benzene rings is 2. The van der Waals surface area contributed by atoms with Gasteiger partial charge in [0.25, 0.3) is 0 Å². The van der Waals surface area contributed by atoms with Crippen LogP contribution < -0.4 is 5.32 Å². The van der Waals surface area contributed by atoms with E-state index in [1.165, 1.54) is 6.07 Å². The second-order valence-corrected chi connectivity index (χ2v) is 4.30. The molecule has 0 amide bonds. The molecule has 0 fully saturated rings. The maximum Gasteiger partial charge on any atom is 0.160 e. The van der Waals surface area contributed by atoms with Gasteiger partial charge in [0.1, 0.15) is 0 Å². The van der Waals surface area contributed by atoms with E-state index >= 15 is 0 Å². The number of nitrogens with zero attached hydrogens (tertiary/aromatic N) is 2. The van der Waals surface area contributed by atoms with Crippen molar-refractivity contribution in [2.45, 2.75) is 0 Å². The van der Waals surface area contributed by atoms with Crippen LogP contribution in [0.2, 0.25) is 0 Å². The predicted octanol–water partition coefficient (Wildman–Crippen LogP) is 3.60. The van der Waals surface area contributed by atoms with Crippen molar-refractivity contribution in [3.8, 4) is 0 Å². The zero-order chi connectivity index (χ0) is 13.4. The van der Waals surface area contributed by atoms with Crippen LogP contribution in [0.1, 0.15) is 0 Å². The number of anilines is 2. The molecule has 0 unspecified atom stereocenters. The lowest BCUT2D eigenvalue weighted by Crippen LogP contribution is -1.94. The summed E-state index contributed by atoms with van der Waals surface area (Å²) in [7, 11) is 1.85. The average Bonchev–Trinajstić information content (AvgIpc) is 2.76. The van der Waals surface area contributed by atoms with Crippen molar-refractivity contribution in [2.24, 2.45) is 7.05 Å². The highest BCUT2D eigenvalue weighted by Gasteiger charge is 2.04.